The van der Waals surface area contributed by atoms with E-state index in [1.807, 2.05) is 20.8 Å². The minimum Gasteiger partial charge on any atom is -0.460 e. The second kappa shape index (κ2) is 9.55. The van der Waals surface area contributed by atoms with Crippen molar-refractivity contribution in [2.45, 2.75) is 58.6 Å². The number of hydrogen-bond donors (Lipinski definition) is 0. The fraction of sp³-hybridized carbons (Fsp3) is 0.737. The van der Waals surface area contributed by atoms with E-state index in [1.54, 1.807) is 11.7 Å². The molecule has 1 saturated heterocycles. The summed E-state index contributed by atoms with van der Waals surface area (Å²) in [6.45, 7) is 8.19. The SMILES string of the molecule is COCCCn1c(N2CCC(CC(=O)OC(C)(C)C)CC2)nc(Cl)cc1=O. The predicted octanol–water partition coefficient (Wildman–Crippen LogP) is 2.88. The molecule has 0 radical (unpaired) electrons. The van der Waals surface area contributed by atoms with Gasteiger partial charge in [-0.2, -0.15) is 0 Å². The highest BCUT2D eigenvalue weighted by atomic mass is 35.5. The summed E-state index contributed by atoms with van der Waals surface area (Å²) in [4.78, 5) is 30.9. The van der Waals surface area contributed by atoms with Crippen molar-refractivity contribution in [1.82, 2.24) is 9.55 Å². The van der Waals surface area contributed by atoms with Crippen molar-refractivity contribution in [1.29, 1.82) is 0 Å². The van der Waals surface area contributed by atoms with E-state index in [1.165, 1.54) is 6.07 Å². The largest absolute Gasteiger partial charge is 0.460 e. The summed E-state index contributed by atoms with van der Waals surface area (Å²) >= 11 is 6.02. The van der Waals surface area contributed by atoms with E-state index in [0.29, 0.717) is 25.5 Å². The molecule has 7 nitrogen and oxygen atoms in total. The predicted molar refractivity (Wildman–Crippen MR) is 105 cm³/mol. The van der Waals surface area contributed by atoms with Crippen LogP contribution in [0.2, 0.25) is 5.15 Å². The zero-order valence-corrected chi connectivity index (χ0v) is 17.4. The Balaban J connectivity index is 2.01. The molecule has 0 unspecified atom stereocenters. The van der Waals surface area contributed by atoms with E-state index in [0.717, 1.165) is 32.4 Å². The van der Waals surface area contributed by atoms with Gasteiger partial charge in [-0.1, -0.05) is 11.6 Å². The molecule has 8 heteroatoms. The molecular weight excluding hydrogens is 370 g/mol. The van der Waals surface area contributed by atoms with Gasteiger partial charge in [-0.25, -0.2) is 4.98 Å². The van der Waals surface area contributed by atoms with Gasteiger partial charge in [0.1, 0.15) is 10.8 Å². The Morgan fingerprint density at radius 3 is 2.59 bits per heavy atom. The molecule has 1 aliphatic rings. The van der Waals surface area contributed by atoms with Crippen LogP contribution in [0.1, 0.15) is 46.5 Å². The number of esters is 1. The Morgan fingerprint density at radius 1 is 1.33 bits per heavy atom. The van der Waals surface area contributed by atoms with Crippen LogP contribution in [0.25, 0.3) is 0 Å². The highest BCUT2D eigenvalue weighted by Crippen LogP contribution is 2.25. The highest BCUT2D eigenvalue weighted by Gasteiger charge is 2.26. The number of ether oxygens (including phenoxy) is 2. The Hall–Kier alpha value is -1.60. The lowest BCUT2D eigenvalue weighted by atomic mass is 9.93. The van der Waals surface area contributed by atoms with Crippen molar-refractivity contribution in [3.05, 3.63) is 21.6 Å². The maximum Gasteiger partial charge on any atom is 0.306 e. The molecule has 0 atom stereocenters. The quantitative estimate of drug-likeness (QED) is 0.398. The van der Waals surface area contributed by atoms with Gasteiger partial charge in [-0.3, -0.25) is 14.2 Å². The number of methoxy groups -OCH3 is 1. The van der Waals surface area contributed by atoms with Crippen LogP contribution in [0.3, 0.4) is 0 Å². The molecule has 0 spiro atoms. The number of anilines is 1. The van der Waals surface area contributed by atoms with Crippen LogP contribution >= 0.6 is 11.6 Å². The van der Waals surface area contributed by atoms with Crippen LogP contribution < -0.4 is 10.5 Å². The molecule has 1 aromatic heterocycles. The summed E-state index contributed by atoms with van der Waals surface area (Å²) in [7, 11) is 1.64. The lowest BCUT2D eigenvalue weighted by Crippen LogP contribution is -2.39. The molecule has 0 N–H and O–H groups in total. The third-order valence-corrected chi connectivity index (χ3v) is 4.65. The third kappa shape index (κ3) is 6.81. The molecule has 0 bridgehead atoms. The molecule has 0 amide bonds. The van der Waals surface area contributed by atoms with E-state index in [2.05, 4.69) is 9.88 Å². The van der Waals surface area contributed by atoms with Gasteiger partial charge in [0, 0.05) is 45.8 Å². The minimum absolute atomic E-state index is 0.154. The van der Waals surface area contributed by atoms with Crippen molar-refractivity contribution in [2.24, 2.45) is 5.92 Å². The normalized spacial score (nSPS) is 15.8. The van der Waals surface area contributed by atoms with Crippen LogP contribution in [0.15, 0.2) is 10.9 Å². The summed E-state index contributed by atoms with van der Waals surface area (Å²) in [5.41, 5.74) is -0.613. The number of rotatable bonds is 7. The van der Waals surface area contributed by atoms with Gasteiger partial charge < -0.3 is 14.4 Å². The first-order valence-electron chi connectivity index (χ1n) is 9.42. The fourth-order valence-electron chi connectivity index (χ4n) is 3.24. The Kier molecular flexibility index (Phi) is 7.68. The Labute approximate surface area is 165 Å². The highest BCUT2D eigenvalue weighted by molar-refractivity contribution is 6.29. The minimum atomic E-state index is -0.458. The third-order valence-electron chi connectivity index (χ3n) is 4.46. The molecule has 2 rings (SSSR count). The number of nitrogens with zero attached hydrogens (tertiary/aromatic N) is 3. The van der Waals surface area contributed by atoms with Crippen molar-refractivity contribution >= 4 is 23.5 Å². The topological polar surface area (TPSA) is 73.7 Å². The molecule has 1 fully saturated rings. The molecule has 1 aromatic rings. The molecule has 152 valence electrons. The van der Waals surface area contributed by atoms with Crippen molar-refractivity contribution in [2.75, 3.05) is 31.7 Å². The molecule has 0 saturated carbocycles. The van der Waals surface area contributed by atoms with E-state index in [4.69, 9.17) is 21.1 Å². The summed E-state index contributed by atoms with van der Waals surface area (Å²) in [6, 6.07) is 1.34. The van der Waals surface area contributed by atoms with Gasteiger partial charge in [-0.05, 0) is 46.0 Å². The first-order chi connectivity index (χ1) is 12.7. The van der Waals surface area contributed by atoms with E-state index in [9.17, 15) is 9.59 Å². The van der Waals surface area contributed by atoms with Gasteiger partial charge in [0.15, 0.2) is 0 Å². The van der Waals surface area contributed by atoms with Crippen LogP contribution in [-0.2, 0) is 20.8 Å². The van der Waals surface area contributed by atoms with Gasteiger partial charge in [-0.15, -0.1) is 0 Å². The molecule has 0 aromatic carbocycles. The van der Waals surface area contributed by atoms with E-state index >= 15 is 0 Å². The molecule has 2 heterocycles. The summed E-state index contributed by atoms with van der Waals surface area (Å²) in [6.07, 6.45) is 2.84. The summed E-state index contributed by atoms with van der Waals surface area (Å²) in [5.74, 6) is 0.724. The monoisotopic (exact) mass is 399 g/mol. The van der Waals surface area contributed by atoms with Crippen LogP contribution in [0.4, 0.5) is 5.95 Å². The Morgan fingerprint density at radius 2 is 2.00 bits per heavy atom. The van der Waals surface area contributed by atoms with Crippen LogP contribution in [-0.4, -0.2) is 47.9 Å². The smallest absolute Gasteiger partial charge is 0.306 e. The molecule has 0 aliphatic carbocycles. The number of carbonyl (C=O) groups excluding carboxylic acids is 1. The number of aromatic nitrogens is 2. The standard InChI is InChI=1S/C19H30ClN3O4/c1-19(2,3)27-17(25)12-14-6-9-22(10-7-14)18-21-15(20)13-16(24)23(18)8-5-11-26-4/h13-14H,5-12H2,1-4H3. The first-order valence-corrected chi connectivity index (χ1v) is 9.80. The van der Waals surface area contributed by atoms with Crippen LogP contribution in [0, 0.1) is 5.92 Å². The van der Waals surface area contributed by atoms with Crippen molar-refractivity contribution in [3.63, 3.8) is 0 Å². The Bertz CT molecular complexity index is 691. The number of carbonyl (C=O) groups is 1. The number of piperidine rings is 1. The zero-order chi connectivity index (χ0) is 20.0. The maximum absolute atomic E-state index is 12.4. The molecule has 1 aliphatic heterocycles. The average molecular weight is 400 g/mol. The zero-order valence-electron chi connectivity index (χ0n) is 16.7. The summed E-state index contributed by atoms with van der Waals surface area (Å²) < 4.78 is 12.1. The van der Waals surface area contributed by atoms with E-state index in [-0.39, 0.29) is 22.6 Å². The number of halogens is 1. The first kappa shape index (κ1) is 21.7. The summed E-state index contributed by atoms with van der Waals surface area (Å²) in [5, 5.41) is 0.203. The fourth-order valence-corrected chi connectivity index (χ4v) is 3.41. The number of hydrogen-bond acceptors (Lipinski definition) is 6. The molecular formula is C19H30ClN3O4. The second-order valence-corrected chi connectivity index (χ2v) is 8.32. The van der Waals surface area contributed by atoms with Crippen molar-refractivity contribution in [3.8, 4) is 0 Å². The average Bonchev–Trinajstić information content (AvgIpc) is 2.55. The lowest BCUT2D eigenvalue weighted by Gasteiger charge is -2.34. The van der Waals surface area contributed by atoms with Gasteiger partial charge in [0.2, 0.25) is 5.95 Å². The van der Waals surface area contributed by atoms with Crippen LogP contribution in [0.5, 0.6) is 0 Å². The second-order valence-electron chi connectivity index (χ2n) is 7.94. The van der Waals surface area contributed by atoms with E-state index < -0.39 is 5.60 Å². The molecule has 27 heavy (non-hydrogen) atoms. The van der Waals surface area contributed by atoms with Crippen molar-refractivity contribution < 1.29 is 14.3 Å². The van der Waals surface area contributed by atoms with Gasteiger partial charge in [0.05, 0.1) is 0 Å². The lowest BCUT2D eigenvalue weighted by molar-refractivity contribution is -0.156. The maximum atomic E-state index is 12.4. The van der Waals surface area contributed by atoms with Gasteiger partial charge in [0.25, 0.3) is 5.56 Å². The van der Waals surface area contributed by atoms with Gasteiger partial charge >= 0.3 is 5.97 Å².